The van der Waals surface area contributed by atoms with E-state index >= 15 is 0 Å². The van der Waals surface area contributed by atoms with Crippen molar-refractivity contribution in [2.75, 3.05) is 7.11 Å². The van der Waals surface area contributed by atoms with Gasteiger partial charge < -0.3 is 9.84 Å². The zero-order chi connectivity index (χ0) is 9.14. The summed E-state index contributed by atoms with van der Waals surface area (Å²) in [6.45, 7) is 2.05. The van der Waals surface area contributed by atoms with Crippen molar-refractivity contribution in [3.63, 3.8) is 0 Å². The lowest BCUT2D eigenvalue weighted by molar-refractivity contribution is -0.148. The molecule has 1 saturated carbocycles. The van der Waals surface area contributed by atoms with Crippen LogP contribution >= 0.6 is 0 Å². The van der Waals surface area contributed by atoms with Gasteiger partial charge in [-0.15, -0.1) is 0 Å². The van der Waals surface area contributed by atoms with E-state index in [2.05, 4.69) is 11.7 Å². The van der Waals surface area contributed by atoms with Crippen LogP contribution in [0.25, 0.3) is 0 Å². The quantitative estimate of drug-likeness (QED) is 0.599. The normalized spacial score (nSPS) is 36.1. The fourth-order valence-electron chi connectivity index (χ4n) is 1.93. The van der Waals surface area contributed by atoms with Crippen molar-refractivity contribution in [2.45, 2.75) is 32.3 Å². The van der Waals surface area contributed by atoms with E-state index in [1.54, 1.807) is 0 Å². The van der Waals surface area contributed by atoms with Crippen molar-refractivity contribution in [3.05, 3.63) is 0 Å². The first-order valence-corrected chi connectivity index (χ1v) is 4.39. The van der Waals surface area contributed by atoms with Crippen LogP contribution < -0.4 is 0 Å². The maximum Gasteiger partial charge on any atom is 0.308 e. The average Bonchev–Trinajstić information content (AvgIpc) is 2.01. The molecule has 0 radical (unpaired) electrons. The predicted molar refractivity (Wildman–Crippen MR) is 44.5 cm³/mol. The lowest BCUT2D eigenvalue weighted by Crippen LogP contribution is -2.30. The summed E-state index contributed by atoms with van der Waals surface area (Å²) in [6.07, 6.45) is 1.91. The fourth-order valence-corrected chi connectivity index (χ4v) is 1.93. The summed E-state index contributed by atoms with van der Waals surface area (Å²) < 4.78 is 4.64. The van der Waals surface area contributed by atoms with Crippen molar-refractivity contribution in [2.24, 2.45) is 11.8 Å². The molecule has 3 heteroatoms. The summed E-state index contributed by atoms with van der Waals surface area (Å²) in [4.78, 5) is 11.1. The molecule has 0 spiro atoms. The topological polar surface area (TPSA) is 46.5 Å². The number of aliphatic hydroxyl groups is 1. The lowest BCUT2D eigenvalue weighted by atomic mass is 9.81. The first kappa shape index (κ1) is 9.52. The first-order valence-electron chi connectivity index (χ1n) is 4.39. The molecule has 1 fully saturated rings. The lowest BCUT2D eigenvalue weighted by Gasteiger charge is -2.28. The molecule has 0 bridgehead atoms. The van der Waals surface area contributed by atoms with Gasteiger partial charge in [0.15, 0.2) is 0 Å². The molecule has 0 heterocycles. The van der Waals surface area contributed by atoms with Gasteiger partial charge in [-0.3, -0.25) is 4.79 Å². The standard InChI is InChI=1S/C9H16O3/c1-6-3-7(9(11)12-2)5-8(10)4-6/h6-8,10H,3-5H2,1-2H3. The van der Waals surface area contributed by atoms with Crippen LogP contribution in [0.1, 0.15) is 26.2 Å². The van der Waals surface area contributed by atoms with Crippen LogP contribution in [0, 0.1) is 11.8 Å². The Kier molecular flexibility index (Phi) is 3.09. The fraction of sp³-hybridized carbons (Fsp3) is 0.889. The van der Waals surface area contributed by atoms with Crippen LogP contribution in [0.3, 0.4) is 0 Å². The van der Waals surface area contributed by atoms with Gasteiger partial charge in [-0.25, -0.2) is 0 Å². The van der Waals surface area contributed by atoms with Crippen LogP contribution in [0.5, 0.6) is 0 Å². The Morgan fingerprint density at radius 3 is 2.58 bits per heavy atom. The van der Waals surface area contributed by atoms with Crippen LogP contribution in [0.15, 0.2) is 0 Å². The minimum Gasteiger partial charge on any atom is -0.469 e. The largest absolute Gasteiger partial charge is 0.469 e. The number of hydrogen-bond donors (Lipinski definition) is 1. The number of carbonyl (C=O) groups is 1. The molecule has 1 aliphatic carbocycles. The molecule has 3 unspecified atom stereocenters. The highest BCUT2D eigenvalue weighted by Crippen LogP contribution is 2.29. The minimum atomic E-state index is -0.321. The van der Waals surface area contributed by atoms with Crippen molar-refractivity contribution in [1.29, 1.82) is 0 Å². The molecule has 1 rings (SSSR count). The molecule has 0 amide bonds. The van der Waals surface area contributed by atoms with Crippen LogP contribution in [0.4, 0.5) is 0 Å². The molecule has 3 nitrogen and oxygen atoms in total. The zero-order valence-corrected chi connectivity index (χ0v) is 7.62. The molecule has 0 aromatic heterocycles. The van der Waals surface area contributed by atoms with Crippen LogP contribution in [-0.4, -0.2) is 24.3 Å². The van der Waals surface area contributed by atoms with Gasteiger partial charge in [0.2, 0.25) is 0 Å². The monoisotopic (exact) mass is 172 g/mol. The Balaban J connectivity index is 2.49. The summed E-state index contributed by atoms with van der Waals surface area (Å²) in [5.41, 5.74) is 0. The van der Waals surface area contributed by atoms with E-state index < -0.39 is 0 Å². The molecule has 70 valence electrons. The van der Waals surface area contributed by atoms with E-state index in [4.69, 9.17) is 0 Å². The number of carbonyl (C=O) groups excluding carboxylic acids is 1. The number of ether oxygens (including phenoxy) is 1. The molecular formula is C9H16O3. The highest BCUT2D eigenvalue weighted by atomic mass is 16.5. The third kappa shape index (κ3) is 2.21. The van der Waals surface area contributed by atoms with E-state index in [0.717, 1.165) is 12.8 Å². The van der Waals surface area contributed by atoms with Crippen molar-refractivity contribution in [3.8, 4) is 0 Å². The number of aliphatic hydroxyl groups excluding tert-OH is 1. The molecule has 3 atom stereocenters. The van der Waals surface area contributed by atoms with E-state index in [1.165, 1.54) is 7.11 Å². The third-order valence-corrected chi connectivity index (χ3v) is 2.45. The molecule has 12 heavy (non-hydrogen) atoms. The van der Waals surface area contributed by atoms with Gasteiger partial charge in [0, 0.05) is 0 Å². The van der Waals surface area contributed by atoms with Crippen molar-refractivity contribution < 1.29 is 14.6 Å². The van der Waals surface area contributed by atoms with Crippen LogP contribution in [-0.2, 0) is 9.53 Å². The van der Waals surface area contributed by atoms with Gasteiger partial charge in [0.05, 0.1) is 19.1 Å². The Hall–Kier alpha value is -0.570. The van der Waals surface area contributed by atoms with Crippen molar-refractivity contribution >= 4 is 5.97 Å². The number of esters is 1. The molecule has 1 N–H and O–H groups in total. The second-order valence-electron chi connectivity index (χ2n) is 3.69. The maximum atomic E-state index is 11.1. The highest BCUT2D eigenvalue weighted by molar-refractivity contribution is 5.72. The van der Waals surface area contributed by atoms with E-state index in [-0.39, 0.29) is 18.0 Å². The Bertz CT molecular complexity index is 157. The summed E-state index contributed by atoms with van der Waals surface area (Å²) in [7, 11) is 1.40. The molecule has 0 saturated heterocycles. The summed E-state index contributed by atoms with van der Waals surface area (Å²) in [5.74, 6) is 0.159. The highest BCUT2D eigenvalue weighted by Gasteiger charge is 2.30. The average molecular weight is 172 g/mol. The zero-order valence-electron chi connectivity index (χ0n) is 7.62. The van der Waals surface area contributed by atoms with E-state index in [1.807, 2.05) is 0 Å². The SMILES string of the molecule is COC(=O)C1CC(C)CC(O)C1. The number of hydrogen-bond acceptors (Lipinski definition) is 3. The summed E-state index contributed by atoms with van der Waals surface area (Å²) >= 11 is 0. The molecular weight excluding hydrogens is 156 g/mol. The Morgan fingerprint density at radius 2 is 2.08 bits per heavy atom. The van der Waals surface area contributed by atoms with E-state index in [9.17, 15) is 9.90 Å². The Labute approximate surface area is 72.7 Å². The van der Waals surface area contributed by atoms with Gasteiger partial charge >= 0.3 is 5.97 Å². The van der Waals surface area contributed by atoms with Gasteiger partial charge in [0.1, 0.15) is 0 Å². The molecule has 1 aliphatic rings. The maximum absolute atomic E-state index is 11.1. The second kappa shape index (κ2) is 3.90. The predicted octanol–water partition coefficient (Wildman–Crippen LogP) is 0.956. The number of rotatable bonds is 1. The van der Waals surface area contributed by atoms with Crippen LogP contribution in [0.2, 0.25) is 0 Å². The number of methoxy groups -OCH3 is 1. The van der Waals surface area contributed by atoms with Gasteiger partial charge in [-0.1, -0.05) is 6.92 Å². The van der Waals surface area contributed by atoms with E-state index in [0.29, 0.717) is 12.3 Å². The van der Waals surface area contributed by atoms with Crippen molar-refractivity contribution in [1.82, 2.24) is 0 Å². The smallest absolute Gasteiger partial charge is 0.308 e. The summed E-state index contributed by atoms with van der Waals surface area (Å²) in [5, 5.41) is 9.39. The van der Waals surface area contributed by atoms with Gasteiger partial charge in [-0.2, -0.15) is 0 Å². The summed E-state index contributed by atoms with van der Waals surface area (Å²) in [6, 6.07) is 0. The Morgan fingerprint density at radius 1 is 1.42 bits per heavy atom. The molecule has 0 aliphatic heterocycles. The molecule has 0 aromatic rings. The minimum absolute atomic E-state index is 0.0891. The molecule has 0 aromatic carbocycles. The second-order valence-corrected chi connectivity index (χ2v) is 3.69. The van der Waals surface area contributed by atoms with Gasteiger partial charge in [-0.05, 0) is 25.2 Å². The first-order chi connectivity index (χ1) is 5.63. The van der Waals surface area contributed by atoms with Gasteiger partial charge in [0.25, 0.3) is 0 Å². The third-order valence-electron chi connectivity index (χ3n) is 2.45.